The number of ether oxygens (including phenoxy) is 1. The molecule has 0 aliphatic carbocycles. The van der Waals surface area contributed by atoms with Gasteiger partial charge < -0.3 is 15.4 Å². The van der Waals surface area contributed by atoms with Crippen LogP contribution in [0.4, 0.5) is 0 Å². The molecule has 1 heterocycles. The molecule has 0 amide bonds. The highest BCUT2D eigenvalue weighted by atomic mass is 16.5. The van der Waals surface area contributed by atoms with E-state index < -0.39 is 0 Å². The zero-order valence-corrected chi connectivity index (χ0v) is 11.5. The van der Waals surface area contributed by atoms with Crippen molar-refractivity contribution < 1.29 is 4.74 Å². The number of nitrogens with zero attached hydrogens (tertiary/aromatic N) is 2. The predicted molar refractivity (Wildman–Crippen MR) is 72.2 cm³/mol. The van der Waals surface area contributed by atoms with Crippen LogP contribution in [0, 0.1) is 5.92 Å². The molecule has 0 unspecified atom stereocenters. The van der Waals surface area contributed by atoms with Gasteiger partial charge in [0.1, 0.15) is 0 Å². The summed E-state index contributed by atoms with van der Waals surface area (Å²) in [6.07, 6.45) is 0.974. The number of hydrogen-bond donors (Lipinski definition) is 1. The van der Waals surface area contributed by atoms with Gasteiger partial charge in [0.2, 0.25) is 0 Å². The number of rotatable bonds is 8. The molecule has 0 bridgehead atoms. The van der Waals surface area contributed by atoms with E-state index in [9.17, 15) is 0 Å². The third kappa shape index (κ3) is 6.99. The fraction of sp³-hybridized carbons (Fsp3) is 1.00. The second-order valence-corrected chi connectivity index (χ2v) is 5.29. The van der Waals surface area contributed by atoms with E-state index in [0.717, 1.165) is 38.6 Å². The van der Waals surface area contributed by atoms with Crippen LogP contribution in [0.1, 0.15) is 20.3 Å². The Morgan fingerprint density at radius 2 is 1.71 bits per heavy atom. The molecule has 1 fully saturated rings. The molecule has 17 heavy (non-hydrogen) atoms. The molecule has 102 valence electrons. The van der Waals surface area contributed by atoms with Crippen molar-refractivity contribution in [3.63, 3.8) is 0 Å². The Labute approximate surface area is 106 Å². The lowest BCUT2D eigenvalue weighted by Gasteiger charge is -2.35. The van der Waals surface area contributed by atoms with E-state index in [-0.39, 0.29) is 0 Å². The molecule has 1 aliphatic heterocycles. The summed E-state index contributed by atoms with van der Waals surface area (Å²) in [6, 6.07) is 0. The summed E-state index contributed by atoms with van der Waals surface area (Å²) < 4.78 is 5.53. The number of nitrogens with two attached hydrogens (primary N) is 1. The Morgan fingerprint density at radius 1 is 1.06 bits per heavy atom. The molecular weight excluding hydrogens is 214 g/mol. The first kappa shape index (κ1) is 14.9. The normalized spacial score (nSPS) is 19.1. The molecule has 0 radical (unpaired) electrons. The van der Waals surface area contributed by atoms with Crippen molar-refractivity contribution in [2.45, 2.75) is 20.3 Å². The largest absolute Gasteiger partial charge is 0.380 e. The van der Waals surface area contributed by atoms with E-state index in [2.05, 4.69) is 23.6 Å². The van der Waals surface area contributed by atoms with Gasteiger partial charge in [-0.2, -0.15) is 0 Å². The second-order valence-electron chi connectivity index (χ2n) is 5.29. The van der Waals surface area contributed by atoms with Crippen molar-refractivity contribution in [2.24, 2.45) is 11.7 Å². The van der Waals surface area contributed by atoms with Crippen LogP contribution in [-0.4, -0.2) is 68.8 Å². The second kappa shape index (κ2) is 8.86. The van der Waals surface area contributed by atoms with Crippen molar-refractivity contribution in [1.82, 2.24) is 9.80 Å². The third-order valence-corrected chi connectivity index (χ3v) is 3.13. The van der Waals surface area contributed by atoms with Crippen LogP contribution in [0.25, 0.3) is 0 Å². The maximum Gasteiger partial charge on any atom is 0.0593 e. The van der Waals surface area contributed by atoms with E-state index >= 15 is 0 Å². The molecule has 0 aromatic carbocycles. The molecule has 1 rings (SSSR count). The molecule has 4 nitrogen and oxygen atoms in total. The molecule has 0 aromatic heterocycles. The molecule has 0 aromatic rings. The van der Waals surface area contributed by atoms with E-state index in [1.54, 1.807) is 0 Å². The summed E-state index contributed by atoms with van der Waals surface area (Å²) in [6.45, 7) is 14.1. The van der Waals surface area contributed by atoms with Gasteiger partial charge in [-0.1, -0.05) is 13.8 Å². The van der Waals surface area contributed by atoms with E-state index in [1.165, 1.54) is 32.7 Å². The molecule has 4 heteroatoms. The minimum absolute atomic E-state index is 0.730. The van der Waals surface area contributed by atoms with Crippen molar-refractivity contribution in [3.05, 3.63) is 0 Å². The summed E-state index contributed by atoms with van der Waals surface area (Å²) in [5, 5.41) is 0. The van der Waals surface area contributed by atoms with Crippen LogP contribution in [0.3, 0.4) is 0 Å². The van der Waals surface area contributed by atoms with E-state index in [1.807, 2.05) is 0 Å². The van der Waals surface area contributed by atoms with Gasteiger partial charge in [0.05, 0.1) is 6.61 Å². The average molecular weight is 243 g/mol. The Balaban J connectivity index is 1.99. The molecule has 0 atom stereocenters. The summed E-state index contributed by atoms with van der Waals surface area (Å²) in [5.74, 6) is 0.779. The lowest BCUT2D eigenvalue weighted by molar-refractivity contribution is 0.0720. The highest BCUT2D eigenvalue weighted by Gasteiger charge is 2.16. The first-order valence-corrected chi connectivity index (χ1v) is 6.95. The van der Waals surface area contributed by atoms with Crippen molar-refractivity contribution in [3.8, 4) is 0 Å². The maximum absolute atomic E-state index is 5.53. The fourth-order valence-electron chi connectivity index (χ4n) is 2.19. The lowest BCUT2D eigenvalue weighted by atomic mass is 10.2. The van der Waals surface area contributed by atoms with Crippen molar-refractivity contribution in [2.75, 3.05) is 59.0 Å². The molecule has 1 saturated heterocycles. The molecule has 0 saturated carbocycles. The Kier molecular flexibility index (Phi) is 7.77. The first-order valence-electron chi connectivity index (χ1n) is 6.95. The third-order valence-electron chi connectivity index (χ3n) is 3.13. The van der Waals surface area contributed by atoms with Crippen LogP contribution < -0.4 is 5.73 Å². The highest BCUT2D eigenvalue weighted by molar-refractivity contribution is 4.72. The first-order chi connectivity index (χ1) is 8.22. The molecule has 1 aliphatic rings. The molecule has 0 spiro atoms. The van der Waals surface area contributed by atoms with Gasteiger partial charge >= 0.3 is 0 Å². The minimum Gasteiger partial charge on any atom is -0.380 e. The summed E-state index contributed by atoms with van der Waals surface area (Å²) in [4.78, 5) is 5.07. The highest BCUT2D eigenvalue weighted by Crippen LogP contribution is 2.04. The van der Waals surface area contributed by atoms with Gasteiger partial charge in [0, 0.05) is 45.9 Å². The number of piperazine rings is 1. The van der Waals surface area contributed by atoms with Crippen LogP contribution in [0.15, 0.2) is 0 Å². The molecular formula is C13H29N3O. The van der Waals surface area contributed by atoms with Gasteiger partial charge in [-0.05, 0) is 18.9 Å². The quantitative estimate of drug-likeness (QED) is 0.635. The predicted octanol–water partition coefficient (Wildman–Crippen LogP) is 0.625. The van der Waals surface area contributed by atoms with Gasteiger partial charge in [-0.3, -0.25) is 4.90 Å². The van der Waals surface area contributed by atoms with Gasteiger partial charge in [0.15, 0.2) is 0 Å². The summed E-state index contributed by atoms with van der Waals surface area (Å²) >= 11 is 0. The monoisotopic (exact) mass is 243 g/mol. The van der Waals surface area contributed by atoms with Crippen molar-refractivity contribution in [1.29, 1.82) is 0 Å². The standard InChI is InChI=1S/C13H29N3O/c1-13(2)12-16-7-5-15(6-8-16)9-11-17-10-3-4-14/h13H,3-12,14H2,1-2H3. The zero-order valence-electron chi connectivity index (χ0n) is 11.5. The topological polar surface area (TPSA) is 41.7 Å². The Bertz CT molecular complexity index is 180. The van der Waals surface area contributed by atoms with E-state index in [0.29, 0.717) is 0 Å². The van der Waals surface area contributed by atoms with Gasteiger partial charge in [0.25, 0.3) is 0 Å². The van der Waals surface area contributed by atoms with Crippen LogP contribution >= 0.6 is 0 Å². The van der Waals surface area contributed by atoms with Gasteiger partial charge in [-0.15, -0.1) is 0 Å². The smallest absolute Gasteiger partial charge is 0.0593 e. The van der Waals surface area contributed by atoms with Crippen LogP contribution in [0.2, 0.25) is 0 Å². The van der Waals surface area contributed by atoms with Crippen LogP contribution in [-0.2, 0) is 4.74 Å². The summed E-state index contributed by atoms with van der Waals surface area (Å²) in [7, 11) is 0. The fourth-order valence-corrected chi connectivity index (χ4v) is 2.19. The maximum atomic E-state index is 5.53. The Hall–Kier alpha value is -0.160. The Morgan fingerprint density at radius 3 is 2.29 bits per heavy atom. The number of hydrogen-bond acceptors (Lipinski definition) is 4. The van der Waals surface area contributed by atoms with Crippen LogP contribution in [0.5, 0.6) is 0 Å². The summed E-state index contributed by atoms with van der Waals surface area (Å²) in [5.41, 5.74) is 5.41. The van der Waals surface area contributed by atoms with Crippen molar-refractivity contribution >= 4 is 0 Å². The molecule has 2 N–H and O–H groups in total. The zero-order chi connectivity index (χ0) is 12.5. The minimum atomic E-state index is 0.730. The van der Waals surface area contributed by atoms with E-state index in [4.69, 9.17) is 10.5 Å². The SMILES string of the molecule is CC(C)CN1CCN(CCOCCCN)CC1. The lowest BCUT2D eigenvalue weighted by Crippen LogP contribution is -2.48. The average Bonchev–Trinajstić information content (AvgIpc) is 2.30. The van der Waals surface area contributed by atoms with Gasteiger partial charge in [-0.25, -0.2) is 0 Å².